The van der Waals surface area contributed by atoms with E-state index in [0.717, 1.165) is 43.9 Å². The maximum Gasteiger partial charge on any atom is 0.0831 e. The van der Waals surface area contributed by atoms with Crippen molar-refractivity contribution in [3.05, 3.63) is 52.7 Å². The second-order valence-electron chi connectivity index (χ2n) is 7.67. The number of halogens is 1. The molecule has 3 nitrogen and oxygen atoms in total. The zero-order valence-corrected chi connectivity index (χ0v) is 15.7. The molecule has 3 N–H and O–H groups in total. The SMILES string of the molecule is Cc1cc(-c2cccc3cc[nH]c23)c(Cl)c2c1NC(C)(C)[C@H](O)[C@@H]2C. The Morgan fingerprint density at radius 3 is 2.68 bits per heavy atom. The maximum atomic E-state index is 10.7. The van der Waals surface area contributed by atoms with E-state index in [1.807, 2.05) is 20.0 Å². The molecular formula is C21H23ClN2O. The Morgan fingerprint density at radius 2 is 1.92 bits per heavy atom. The predicted molar refractivity (Wildman–Crippen MR) is 106 cm³/mol. The summed E-state index contributed by atoms with van der Waals surface area (Å²) in [6.07, 6.45) is 1.44. The highest BCUT2D eigenvalue weighted by molar-refractivity contribution is 6.35. The van der Waals surface area contributed by atoms with Crippen molar-refractivity contribution >= 4 is 28.2 Å². The second kappa shape index (κ2) is 5.52. The first-order chi connectivity index (χ1) is 11.8. The lowest BCUT2D eigenvalue weighted by atomic mass is 9.77. The van der Waals surface area contributed by atoms with Crippen LogP contribution in [0.1, 0.15) is 37.8 Å². The van der Waals surface area contributed by atoms with E-state index in [1.54, 1.807) is 0 Å². The highest BCUT2D eigenvalue weighted by atomic mass is 35.5. The summed E-state index contributed by atoms with van der Waals surface area (Å²) in [5.74, 6) is -0.0414. The van der Waals surface area contributed by atoms with Gasteiger partial charge < -0.3 is 15.4 Å². The topological polar surface area (TPSA) is 48.0 Å². The minimum absolute atomic E-state index is 0.0414. The van der Waals surface area contributed by atoms with E-state index in [1.165, 1.54) is 0 Å². The second-order valence-corrected chi connectivity index (χ2v) is 8.05. The van der Waals surface area contributed by atoms with E-state index in [9.17, 15) is 5.11 Å². The summed E-state index contributed by atoms with van der Waals surface area (Å²) in [5.41, 5.74) is 5.99. The highest BCUT2D eigenvalue weighted by Crippen LogP contribution is 2.48. The molecule has 25 heavy (non-hydrogen) atoms. The molecular weight excluding hydrogens is 332 g/mol. The van der Waals surface area contributed by atoms with E-state index in [4.69, 9.17) is 11.6 Å². The lowest BCUT2D eigenvalue weighted by molar-refractivity contribution is 0.0869. The van der Waals surface area contributed by atoms with E-state index < -0.39 is 6.10 Å². The molecule has 130 valence electrons. The van der Waals surface area contributed by atoms with Crippen molar-refractivity contribution < 1.29 is 5.11 Å². The van der Waals surface area contributed by atoms with Crippen molar-refractivity contribution in [2.75, 3.05) is 5.32 Å². The summed E-state index contributed by atoms with van der Waals surface area (Å²) in [7, 11) is 0. The van der Waals surface area contributed by atoms with Crippen molar-refractivity contribution in [2.45, 2.75) is 45.3 Å². The third-order valence-corrected chi connectivity index (χ3v) is 5.90. The zero-order valence-electron chi connectivity index (χ0n) is 14.9. The molecule has 1 aliphatic heterocycles. The van der Waals surface area contributed by atoms with Crippen molar-refractivity contribution in [1.29, 1.82) is 0 Å². The van der Waals surface area contributed by atoms with E-state index in [2.05, 4.69) is 54.5 Å². The summed E-state index contributed by atoms with van der Waals surface area (Å²) < 4.78 is 0. The van der Waals surface area contributed by atoms with Crippen LogP contribution in [0.25, 0.3) is 22.0 Å². The van der Waals surface area contributed by atoms with Crippen LogP contribution in [0.5, 0.6) is 0 Å². The Kier molecular flexibility index (Phi) is 3.64. The lowest BCUT2D eigenvalue weighted by Crippen LogP contribution is -2.50. The molecule has 1 aromatic heterocycles. The molecule has 2 aromatic carbocycles. The molecule has 0 amide bonds. The van der Waals surface area contributed by atoms with Gasteiger partial charge in [0.2, 0.25) is 0 Å². The van der Waals surface area contributed by atoms with Gasteiger partial charge in [-0.2, -0.15) is 0 Å². The number of H-pyrrole nitrogens is 1. The molecule has 0 radical (unpaired) electrons. The van der Waals surface area contributed by atoms with Crippen LogP contribution >= 0.6 is 11.6 Å². The van der Waals surface area contributed by atoms with Gasteiger partial charge >= 0.3 is 0 Å². The fourth-order valence-corrected chi connectivity index (χ4v) is 4.52. The first-order valence-corrected chi connectivity index (χ1v) is 9.05. The summed E-state index contributed by atoms with van der Waals surface area (Å²) in [4.78, 5) is 3.32. The van der Waals surface area contributed by atoms with E-state index in [0.29, 0.717) is 0 Å². The Morgan fingerprint density at radius 1 is 1.16 bits per heavy atom. The average molecular weight is 355 g/mol. The number of para-hydroxylation sites is 1. The van der Waals surface area contributed by atoms with Crippen molar-refractivity contribution in [1.82, 2.24) is 4.98 Å². The van der Waals surface area contributed by atoms with Crippen LogP contribution in [0.2, 0.25) is 5.02 Å². The molecule has 0 spiro atoms. The Bertz CT molecular complexity index is 973. The van der Waals surface area contributed by atoms with Crippen LogP contribution in [0, 0.1) is 6.92 Å². The molecule has 3 aromatic rings. The van der Waals surface area contributed by atoms with Gasteiger partial charge in [-0.3, -0.25) is 0 Å². The van der Waals surface area contributed by atoms with Gasteiger partial charge in [0.15, 0.2) is 0 Å². The van der Waals surface area contributed by atoms with Gasteiger partial charge in [0, 0.05) is 34.5 Å². The van der Waals surface area contributed by atoms with Gasteiger partial charge in [-0.1, -0.05) is 36.7 Å². The van der Waals surface area contributed by atoms with Gasteiger partial charge in [0.1, 0.15) is 0 Å². The molecule has 4 heteroatoms. The van der Waals surface area contributed by atoms with Gasteiger partial charge in [0.05, 0.1) is 22.2 Å². The minimum Gasteiger partial charge on any atom is -0.390 e. The standard InChI is InChI=1S/C21H23ClN2O/c1-11-10-15(14-7-5-6-13-8-9-23-19(13)14)17(22)16-12(2)20(25)21(3,4)24-18(11)16/h5-10,12,20,23-25H,1-4H3/t12-,20-/m1/s1. The monoisotopic (exact) mass is 354 g/mol. The number of hydrogen-bond acceptors (Lipinski definition) is 2. The molecule has 0 bridgehead atoms. The third kappa shape index (κ3) is 2.37. The van der Waals surface area contributed by atoms with Gasteiger partial charge in [-0.25, -0.2) is 0 Å². The average Bonchev–Trinajstić information content (AvgIpc) is 3.04. The number of rotatable bonds is 1. The first-order valence-electron chi connectivity index (χ1n) is 8.67. The number of aliphatic hydroxyl groups excluding tert-OH is 1. The van der Waals surface area contributed by atoms with Crippen molar-refractivity contribution in [3.63, 3.8) is 0 Å². The zero-order chi connectivity index (χ0) is 17.9. The fourth-order valence-electron chi connectivity index (χ4n) is 4.10. The number of hydrogen-bond donors (Lipinski definition) is 3. The highest BCUT2D eigenvalue weighted by Gasteiger charge is 2.40. The largest absolute Gasteiger partial charge is 0.390 e. The summed E-state index contributed by atoms with van der Waals surface area (Å²) >= 11 is 6.89. The number of aryl methyl sites for hydroxylation is 1. The normalized spacial score (nSPS) is 21.8. The lowest BCUT2D eigenvalue weighted by Gasteiger charge is -2.43. The van der Waals surface area contributed by atoms with Gasteiger partial charge in [-0.15, -0.1) is 0 Å². The Balaban J connectivity index is 1.99. The molecule has 0 saturated heterocycles. The van der Waals surface area contributed by atoms with E-state index in [-0.39, 0.29) is 11.5 Å². The van der Waals surface area contributed by atoms with E-state index >= 15 is 0 Å². The first kappa shape index (κ1) is 16.5. The summed E-state index contributed by atoms with van der Waals surface area (Å²) in [6, 6.07) is 10.4. The number of aromatic amines is 1. The minimum atomic E-state index is -0.506. The number of anilines is 1. The Hall–Kier alpha value is -1.97. The van der Waals surface area contributed by atoms with Gasteiger partial charge in [-0.05, 0) is 43.9 Å². The molecule has 4 rings (SSSR count). The number of benzene rings is 2. The van der Waals surface area contributed by atoms with Crippen molar-refractivity contribution in [3.8, 4) is 11.1 Å². The molecule has 2 atom stereocenters. The number of fused-ring (bicyclic) bond motifs is 2. The number of nitrogens with one attached hydrogen (secondary N) is 2. The molecule has 0 fully saturated rings. The smallest absolute Gasteiger partial charge is 0.0831 e. The number of aliphatic hydroxyl groups is 1. The molecule has 0 aliphatic carbocycles. The van der Waals surface area contributed by atoms with Crippen LogP contribution < -0.4 is 5.32 Å². The maximum absolute atomic E-state index is 10.7. The molecule has 0 saturated carbocycles. The van der Waals surface area contributed by atoms with Crippen LogP contribution in [-0.2, 0) is 0 Å². The van der Waals surface area contributed by atoms with Gasteiger partial charge in [0.25, 0.3) is 0 Å². The Labute approximate surface area is 153 Å². The molecule has 2 heterocycles. The molecule has 1 aliphatic rings. The van der Waals surface area contributed by atoms with Crippen LogP contribution in [-0.4, -0.2) is 21.7 Å². The quantitative estimate of drug-likeness (QED) is 0.543. The van der Waals surface area contributed by atoms with Crippen LogP contribution in [0.3, 0.4) is 0 Å². The third-order valence-electron chi connectivity index (χ3n) is 5.49. The number of aromatic nitrogens is 1. The summed E-state index contributed by atoms with van der Waals surface area (Å²) in [5, 5.41) is 16.1. The fraction of sp³-hybridized carbons (Fsp3) is 0.333. The summed E-state index contributed by atoms with van der Waals surface area (Å²) in [6.45, 7) is 8.20. The van der Waals surface area contributed by atoms with Crippen LogP contribution in [0.4, 0.5) is 5.69 Å². The van der Waals surface area contributed by atoms with Crippen molar-refractivity contribution in [2.24, 2.45) is 0 Å². The van der Waals surface area contributed by atoms with Crippen LogP contribution in [0.15, 0.2) is 36.5 Å². The predicted octanol–water partition coefficient (Wildman–Crippen LogP) is 5.47. The molecule has 0 unspecified atom stereocenters.